The number of hydrogen-bond donors (Lipinski definition) is 1. The van der Waals surface area contributed by atoms with Crippen molar-refractivity contribution in [1.29, 1.82) is 0 Å². The van der Waals surface area contributed by atoms with Gasteiger partial charge in [-0.25, -0.2) is 8.42 Å². The average molecular weight is 371 g/mol. The Morgan fingerprint density at radius 2 is 1.80 bits per heavy atom. The topological polar surface area (TPSA) is 46.2 Å². The summed E-state index contributed by atoms with van der Waals surface area (Å²) in [5.74, 6) is 0. The molecule has 2 aromatic rings. The zero-order chi connectivity index (χ0) is 18.7. The Hall–Kier alpha value is -2.02. The number of rotatable bonds is 6. The Labute approximate surface area is 145 Å². The normalized spacial score (nSPS) is 12.2. The first-order chi connectivity index (χ1) is 11.6. The maximum Gasteiger partial charge on any atom is 0.416 e. The summed E-state index contributed by atoms with van der Waals surface area (Å²) in [6.07, 6.45) is -1.60. The quantitative estimate of drug-likeness (QED) is 0.763. The molecule has 0 spiro atoms. The van der Waals surface area contributed by atoms with E-state index in [1.807, 2.05) is 12.1 Å². The minimum absolute atomic E-state index is 0.359. The third-order valence-electron chi connectivity index (χ3n) is 3.83. The van der Waals surface area contributed by atoms with Crippen LogP contribution in [0.15, 0.2) is 47.4 Å². The number of anilines is 1. The van der Waals surface area contributed by atoms with Crippen molar-refractivity contribution in [2.24, 2.45) is 0 Å². The number of halogens is 3. The Kier molecular flexibility index (Phi) is 5.77. The van der Waals surface area contributed by atoms with Crippen LogP contribution in [0.5, 0.6) is 0 Å². The molecule has 0 bridgehead atoms. The molecule has 0 heterocycles. The summed E-state index contributed by atoms with van der Waals surface area (Å²) in [5.41, 5.74) is 1.19. The number of benzene rings is 2. The Morgan fingerprint density at radius 1 is 1.08 bits per heavy atom. The summed E-state index contributed by atoms with van der Waals surface area (Å²) >= 11 is 0. The van der Waals surface area contributed by atoms with Crippen LogP contribution in [0.4, 0.5) is 18.9 Å². The van der Waals surface area contributed by atoms with Gasteiger partial charge in [-0.1, -0.05) is 31.5 Å². The van der Waals surface area contributed by atoms with Gasteiger partial charge in [0.05, 0.1) is 16.1 Å². The van der Waals surface area contributed by atoms with Crippen LogP contribution < -0.4 is 4.72 Å². The van der Waals surface area contributed by atoms with E-state index in [4.69, 9.17) is 0 Å². The van der Waals surface area contributed by atoms with Gasteiger partial charge in [0.2, 0.25) is 0 Å². The van der Waals surface area contributed by atoms with Crippen molar-refractivity contribution < 1.29 is 21.6 Å². The predicted octanol–water partition coefficient (Wildman–Crippen LogP) is 5.16. The van der Waals surface area contributed by atoms with Gasteiger partial charge < -0.3 is 0 Å². The first kappa shape index (κ1) is 19.3. The largest absolute Gasteiger partial charge is 0.416 e. The van der Waals surface area contributed by atoms with Gasteiger partial charge in [-0.15, -0.1) is 0 Å². The molecule has 0 saturated carbocycles. The second kappa shape index (κ2) is 7.47. The van der Waals surface area contributed by atoms with Crippen LogP contribution in [0.25, 0.3) is 0 Å². The molecular weight excluding hydrogens is 351 g/mol. The van der Waals surface area contributed by atoms with Crippen molar-refractivity contribution in [2.45, 2.75) is 44.2 Å². The lowest BCUT2D eigenvalue weighted by molar-refractivity contribution is -0.137. The summed E-state index contributed by atoms with van der Waals surface area (Å²) in [4.78, 5) is -0.420. The molecule has 0 amide bonds. The molecule has 0 fully saturated rings. The fraction of sp³-hybridized carbons (Fsp3) is 0.333. The summed E-state index contributed by atoms with van der Waals surface area (Å²) in [7, 11) is -4.10. The van der Waals surface area contributed by atoms with E-state index >= 15 is 0 Å². The smallest absolute Gasteiger partial charge is 0.279 e. The standard InChI is InChI=1S/C18H20F3NO2S/c1-3-4-6-14-9-10-17(13(2)11-14)22-25(23,24)16-8-5-7-15(12-16)18(19,20)21/h5,7-12,22H,3-4,6H2,1-2H3. The average Bonchev–Trinajstić information content (AvgIpc) is 2.54. The van der Waals surface area contributed by atoms with Crippen LogP contribution >= 0.6 is 0 Å². The Bertz CT molecular complexity index is 846. The van der Waals surface area contributed by atoms with Gasteiger partial charge in [0.1, 0.15) is 0 Å². The van der Waals surface area contributed by atoms with E-state index in [2.05, 4.69) is 11.6 Å². The number of alkyl halides is 3. The first-order valence-corrected chi connectivity index (χ1v) is 9.41. The number of hydrogen-bond acceptors (Lipinski definition) is 2. The molecule has 0 aliphatic carbocycles. The molecule has 3 nitrogen and oxygen atoms in total. The molecule has 0 radical (unpaired) electrons. The van der Waals surface area contributed by atoms with Crippen LogP contribution in [-0.4, -0.2) is 8.42 Å². The molecule has 0 aromatic heterocycles. The lowest BCUT2D eigenvalue weighted by Crippen LogP contribution is -2.15. The lowest BCUT2D eigenvalue weighted by atomic mass is 10.1. The molecule has 2 rings (SSSR count). The van der Waals surface area contributed by atoms with Gasteiger partial charge in [-0.05, 0) is 55.2 Å². The highest BCUT2D eigenvalue weighted by atomic mass is 32.2. The summed E-state index contributed by atoms with van der Waals surface area (Å²) in [5, 5.41) is 0. The first-order valence-electron chi connectivity index (χ1n) is 7.93. The van der Waals surface area contributed by atoms with Crippen LogP contribution in [0.2, 0.25) is 0 Å². The summed E-state index contributed by atoms with van der Waals surface area (Å²) < 4.78 is 65.5. The molecule has 0 atom stereocenters. The van der Waals surface area contributed by atoms with E-state index in [-0.39, 0.29) is 0 Å². The second-order valence-electron chi connectivity index (χ2n) is 5.88. The SMILES string of the molecule is CCCCc1ccc(NS(=O)(=O)c2cccc(C(F)(F)F)c2)c(C)c1. The zero-order valence-corrected chi connectivity index (χ0v) is 14.8. The Morgan fingerprint density at radius 3 is 2.40 bits per heavy atom. The molecule has 136 valence electrons. The van der Waals surface area contributed by atoms with E-state index in [0.717, 1.165) is 48.6 Å². The van der Waals surface area contributed by atoms with E-state index in [1.54, 1.807) is 13.0 Å². The van der Waals surface area contributed by atoms with E-state index in [1.165, 1.54) is 0 Å². The summed E-state index contributed by atoms with van der Waals surface area (Å²) in [6.45, 7) is 3.85. The third kappa shape index (κ3) is 4.98. The fourth-order valence-corrected chi connectivity index (χ4v) is 3.60. The van der Waals surface area contributed by atoms with Crippen LogP contribution in [0.3, 0.4) is 0 Å². The number of unbranched alkanes of at least 4 members (excludes halogenated alkanes) is 1. The minimum Gasteiger partial charge on any atom is -0.279 e. The van der Waals surface area contributed by atoms with Crippen molar-refractivity contribution >= 4 is 15.7 Å². The minimum atomic E-state index is -4.59. The van der Waals surface area contributed by atoms with Gasteiger partial charge >= 0.3 is 6.18 Å². The molecule has 2 aromatic carbocycles. The maximum atomic E-state index is 12.8. The predicted molar refractivity (Wildman–Crippen MR) is 92.0 cm³/mol. The monoisotopic (exact) mass is 371 g/mol. The molecule has 0 aliphatic heterocycles. The number of nitrogens with one attached hydrogen (secondary N) is 1. The Balaban J connectivity index is 2.27. The van der Waals surface area contributed by atoms with E-state index < -0.39 is 26.7 Å². The molecule has 0 saturated heterocycles. The van der Waals surface area contributed by atoms with Crippen LogP contribution in [-0.2, 0) is 22.6 Å². The molecular formula is C18H20F3NO2S. The number of aryl methyl sites for hydroxylation is 2. The molecule has 0 aliphatic rings. The summed E-state index contributed by atoms with van der Waals surface area (Å²) in [6, 6.07) is 9.05. The highest BCUT2D eigenvalue weighted by Crippen LogP contribution is 2.31. The molecule has 25 heavy (non-hydrogen) atoms. The highest BCUT2D eigenvalue weighted by Gasteiger charge is 2.31. The highest BCUT2D eigenvalue weighted by molar-refractivity contribution is 7.92. The van der Waals surface area contributed by atoms with Crippen molar-refractivity contribution in [3.63, 3.8) is 0 Å². The van der Waals surface area contributed by atoms with Crippen molar-refractivity contribution in [3.8, 4) is 0 Å². The van der Waals surface area contributed by atoms with Gasteiger partial charge in [0, 0.05) is 0 Å². The van der Waals surface area contributed by atoms with Crippen molar-refractivity contribution in [2.75, 3.05) is 4.72 Å². The van der Waals surface area contributed by atoms with Crippen LogP contribution in [0, 0.1) is 6.92 Å². The van der Waals surface area contributed by atoms with Crippen LogP contribution in [0.1, 0.15) is 36.5 Å². The molecule has 0 unspecified atom stereocenters. The molecule has 1 N–H and O–H groups in total. The van der Waals surface area contributed by atoms with E-state index in [0.29, 0.717) is 11.8 Å². The van der Waals surface area contributed by atoms with Gasteiger partial charge in [-0.2, -0.15) is 13.2 Å². The van der Waals surface area contributed by atoms with E-state index in [9.17, 15) is 21.6 Å². The second-order valence-corrected chi connectivity index (χ2v) is 7.57. The lowest BCUT2D eigenvalue weighted by Gasteiger charge is -2.13. The maximum absolute atomic E-state index is 12.8. The third-order valence-corrected chi connectivity index (χ3v) is 5.19. The van der Waals surface area contributed by atoms with Gasteiger partial charge in [0.15, 0.2) is 0 Å². The zero-order valence-electron chi connectivity index (χ0n) is 14.0. The van der Waals surface area contributed by atoms with Crippen molar-refractivity contribution in [3.05, 3.63) is 59.2 Å². The van der Waals surface area contributed by atoms with Gasteiger partial charge in [0.25, 0.3) is 10.0 Å². The van der Waals surface area contributed by atoms with Gasteiger partial charge in [-0.3, -0.25) is 4.72 Å². The van der Waals surface area contributed by atoms with Crippen molar-refractivity contribution in [1.82, 2.24) is 0 Å². The number of sulfonamides is 1. The molecule has 7 heteroatoms. The fourth-order valence-electron chi connectivity index (χ4n) is 2.42.